The van der Waals surface area contributed by atoms with Gasteiger partial charge >= 0.3 is 0 Å². The van der Waals surface area contributed by atoms with Gasteiger partial charge in [0.05, 0.1) is 16.9 Å². The Balaban J connectivity index is 1.62. The van der Waals surface area contributed by atoms with Gasteiger partial charge < -0.3 is 9.73 Å². The van der Waals surface area contributed by atoms with Crippen molar-refractivity contribution in [2.75, 3.05) is 22.4 Å². The molecule has 0 bridgehead atoms. The second-order valence-corrected chi connectivity index (χ2v) is 9.26. The van der Waals surface area contributed by atoms with Gasteiger partial charge in [0, 0.05) is 34.7 Å². The molecule has 0 aliphatic rings. The Hall–Kier alpha value is -3.92. The van der Waals surface area contributed by atoms with Crippen molar-refractivity contribution in [3.8, 4) is 0 Å². The molecule has 0 unspecified atom stereocenters. The van der Waals surface area contributed by atoms with Crippen molar-refractivity contribution in [1.29, 1.82) is 0 Å². The first-order valence-corrected chi connectivity index (χ1v) is 11.4. The molecule has 0 radical (unpaired) electrons. The maximum Gasteiger partial charge on any atom is 0.271 e. The summed E-state index contributed by atoms with van der Waals surface area (Å²) in [7, 11) is -3.89. The van der Waals surface area contributed by atoms with E-state index >= 15 is 0 Å². The van der Waals surface area contributed by atoms with Crippen molar-refractivity contribution in [2.24, 2.45) is 0 Å². The van der Waals surface area contributed by atoms with Crippen LogP contribution in [0, 0.1) is 17.0 Å². The molecular formula is C22H19N3O6S. The molecule has 1 heterocycles. The third kappa shape index (κ3) is 4.12. The Labute approximate surface area is 183 Å². The number of fused-ring (bicyclic) bond motifs is 3. The number of hydrogen-bond donors (Lipinski definition) is 1. The van der Waals surface area contributed by atoms with Crippen molar-refractivity contribution >= 4 is 54.9 Å². The second kappa shape index (κ2) is 7.97. The van der Waals surface area contributed by atoms with E-state index in [2.05, 4.69) is 5.32 Å². The normalized spacial score (nSPS) is 11.6. The summed E-state index contributed by atoms with van der Waals surface area (Å²) in [4.78, 5) is 23.2. The van der Waals surface area contributed by atoms with E-state index in [1.165, 1.54) is 12.1 Å². The number of aryl methyl sites for hydroxylation is 1. The van der Waals surface area contributed by atoms with E-state index in [0.717, 1.165) is 33.0 Å². The topological polar surface area (TPSA) is 123 Å². The summed E-state index contributed by atoms with van der Waals surface area (Å²) in [6.07, 6.45) is 0.943. The Morgan fingerprint density at radius 3 is 2.50 bits per heavy atom. The maximum absolute atomic E-state index is 12.7. The highest BCUT2D eigenvalue weighted by atomic mass is 32.2. The smallest absolute Gasteiger partial charge is 0.271 e. The quantitative estimate of drug-likeness (QED) is 0.345. The molecule has 164 valence electrons. The van der Waals surface area contributed by atoms with Gasteiger partial charge in [0.2, 0.25) is 15.9 Å². The lowest BCUT2D eigenvalue weighted by atomic mass is 10.1. The molecule has 4 aromatic rings. The lowest BCUT2D eigenvalue weighted by molar-refractivity contribution is -0.384. The number of nitrogens with one attached hydrogen (secondary N) is 1. The van der Waals surface area contributed by atoms with Crippen LogP contribution in [0.4, 0.5) is 17.1 Å². The van der Waals surface area contributed by atoms with Gasteiger partial charge in [0.15, 0.2) is 0 Å². The summed E-state index contributed by atoms with van der Waals surface area (Å²) >= 11 is 0. The molecule has 1 N–H and O–H groups in total. The highest BCUT2D eigenvalue weighted by Crippen LogP contribution is 2.31. The SMILES string of the molecule is Cc1ccc([N+](=O)[O-])cc1N(CC(=O)Nc1ccc2c(c1)oc1ccccc12)S(C)(=O)=O. The number of carbonyl (C=O) groups is 1. The number of amides is 1. The zero-order chi connectivity index (χ0) is 23.0. The molecule has 0 saturated heterocycles. The molecule has 1 aromatic heterocycles. The second-order valence-electron chi connectivity index (χ2n) is 7.35. The lowest BCUT2D eigenvalue weighted by Crippen LogP contribution is -2.37. The minimum atomic E-state index is -3.89. The number of furan rings is 1. The zero-order valence-corrected chi connectivity index (χ0v) is 18.0. The van der Waals surface area contributed by atoms with Gasteiger partial charge in [-0.3, -0.25) is 19.2 Å². The van der Waals surface area contributed by atoms with E-state index in [-0.39, 0.29) is 11.4 Å². The van der Waals surface area contributed by atoms with Gasteiger partial charge in [-0.2, -0.15) is 0 Å². The number of carbonyl (C=O) groups excluding carboxylic acids is 1. The molecule has 0 saturated carbocycles. The third-order valence-corrected chi connectivity index (χ3v) is 6.15. The molecule has 0 aliphatic carbocycles. The Morgan fingerprint density at radius 1 is 1.06 bits per heavy atom. The first kappa shape index (κ1) is 21.3. The average molecular weight is 453 g/mol. The van der Waals surface area contributed by atoms with E-state index in [1.807, 2.05) is 30.3 Å². The molecule has 3 aromatic carbocycles. The van der Waals surface area contributed by atoms with Gasteiger partial charge in [0.1, 0.15) is 17.7 Å². The van der Waals surface area contributed by atoms with Gasteiger partial charge in [-0.15, -0.1) is 0 Å². The highest BCUT2D eigenvalue weighted by Gasteiger charge is 2.24. The Bertz CT molecular complexity index is 1480. The van der Waals surface area contributed by atoms with E-state index in [1.54, 1.807) is 19.1 Å². The number of nitro benzene ring substituents is 1. The Morgan fingerprint density at radius 2 is 1.78 bits per heavy atom. The molecule has 0 fully saturated rings. The number of nitrogens with zero attached hydrogens (tertiary/aromatic N) is 2. The minimum Gasteiger partial charge on any atom is -0.456 e. The molecule has 0 spiro atoms. The summed E-state index contributed by atoms with van der Waals surface area (Å²) in [6.45, 7) is 1.07. The zero-order valence-electron chi connectivity index (χ0n) is 17.2. The number of benzene rings is 3. The lowest BCUT2D eigenvalue weighted by Gasteiger charge is -2.23. The van der Waals surface area contributed by atoms with Crippen LogP contribution in [0.1, 0.15) is 5.56 Å². The number of sulfonamides is 1. The van der Waals surface area contributed by atoms with E-state index in [4.69, 9.17) is 4.42 Å². The molecule has 4 rings (SSSR count). The molecule has 1 amide bonds. The van der Waals surface area contributed by atoms with Crippen LogP contribution in [0.5, 0.6) is 0 Å². The molecule has 0 aliphatic heterocycles. The summed E-state index contributed by atoms with van der Waals surface area (Å²) in [5, 5.41) is 15.6. The summed E-state index contributed by atoms with van der Waals surface area (Å²) in [6, 6.07) is 16.6. The highest BCUT2D eigenvalue weighted by molar-refractivity contribution is 7.92. The number of para-hydroxylation sites is 1. The Kier molecular flexibility index (Phi) is 5.31. The van der Waals surface area contributed by atoms with Crippen LogP contribution >= 0.6 is 0 Å². The van der Waals surface area contributed by atoms with Crippen LogP contribution in [-0.4, -0.2) is 32.0 Å². The monoisotopic (exact) mass is 453 g/mol. The van der Waals surface area contributed by atoms with Crippen LogP contribution in [0.2, 0.25) is 0 Å². The van der Waals surface area contributed by atoms with Crippen LogP contribution < -0.4 is 9.62 Å². The average Bonchev–Trinajstić information content (AvgIpc) is 3.09. The summed E-state index contributed by atoms with van der Waals surface area (Å²) in [5.74, 6) is -0.600. The number of rotatable bonds is 6. The first-order valence-electron chi connectivity index (χ1n) is 9.57. The number of anilines is 2. The fourth-order valence-electron chi connectivity index (χ4n) is 3.50. The van der Waals surface area contributed by atoms with E-state index in [0.29, 0.717) is 16.8 Å². The van der Waals surface area contributed by atoms with Crippen LogP contribution in [0.25, 0.3) is 21.9 Å². The summed E-state index contributed by atoms with van der Waals surface area (Å²) in [5.41, 5.74) is 2.02. The predicted octanol–water partition coefficient (Wildman–Crippen LogP) is 4.21. The van der Waals surface area contributed by atoms with E-state index < -0.39 is 27.4 Å². The largest absolute Gasteiger partial charge is 0.456 e. The first-order chi connectivity index (χ1) is 15.1. The van der Waals surface area contributed by atoms with Crippen molar-refractivity contribution in [2.45, 2.75) is 6.92 Å². The van der Waals surface area contributed by atoms with Crippen molar-refractivity contribution in [1.82, 2.24) is 0 Å². The van der Waals surface area contributed by atoms with Crippen LogP contribution in [0.3, 0.4) is 0 Å². The molecular weight excluding hydrogens is 434 g/mol. The molecule has 9 nitrogen and oxygen atoms in total. The van der Waals surface area contributed by atoms with Crippen LogP contribution in [-0.2, 0) is 14.8 Å². The number of non-ortho nitro benzene ring substituents is 1. The van der Waals surface area contributed by atoms with Gasteiger partial charge in [0.25, 0.3) is 5.69 Å². The molecule has 32 heavy (non-hydrogen) atoms. The van der Waals surface area contributed by atoms with Gasteiger partial charge in [-0.1, -0.05) is 24.3 Å². The van der Waals surface area contributed by atoms with Gasteiger partial charge in [-0.25, -0.2) is 8.42 Å². The molecule has 10 heteroatoms. The fourth-order valence-corrected chi connectivity index (χ4v) is 4.40. The number of hydrogen-bond acceptors (Lipinski definition) is 6. The van der Waals surface area contributed by atoms with Crippen molar-refractivity contribution in [3.05, 3.63) is 76.3 Å². The third-order valence-electron chi connectivity index (χ3n) is 5.02. The minimum absolute atomic E-state index is 0.0737. The molecule has 0 atom stereocenters. The summed E-state index contributed by atoms with van der Waals surface area (Å²) < 4.78 is 31.4. The van der Waals surface area contributed by atoms with Crippen molar-refractivity contribution in [3.63, 3.8) is 0 Å². The van der Waals surface area contributed by atoms with E-state index in [9.17, 15) is 23.3 Å². The fraction of sp³-hybridized carbons (Fsp3) is 0.136. The standard InChI is InChI=1S/C22H19N3O6S/c1-14-7-9-16(25(27)28)12-19(14)24(32(2,29)30)13-22(26)23-15-8-10-18-17-5-3-4-6-20(17)31-21(18)11-15/h3-12H,13H2,1-2H3,(H,23,26). The van der Waals surface area contributed by atoms with Gasteiger partial charge in [-0.05, 0) is 30.7 Å². The van der Waals surface area contributed by atoms with Crippen LogP contribution in [0.15, 0.2) is 65.1 Å². The maximum atomic E-state index is 12.7. The van der Waals surface area contributed by atoms with Crippen molar-refractivity contribution < 1.29 is 22.6 Å². The predicted molar refractivity (Wildman–Crippen MR) is 122 cm³/mol. The number of nitro groups is 1.